The average molecular weight is 288 g/mol. The third-order valence-electron chi connectivity index (χ3n) is 4.19. The molecule has 1 fully saturated rings. The molecule has 1 aromatic heterocycles. The van der Waals surface area contributed by atoms with Crippen LogP contribution in [0.4, 0.5) is 4.39 Å². The fourth-order valence-electron chi connectivity index (χ4n) is 2.64. The van der Waals surface area contributed by atoms with Crippen molar-refractivity contribution in [3.63, 3.8) is 0 Å². The van der Waals surface area contributed by atoms with Gasteiger partial charge in [-0.15, -0.1) is 5.10 Å². The quantitative estimate of drug-likeness (QED) is 0.807. The van der Waals surface area contributed by atoms with Gasteiger partial charge in [0.15, 0.2) is 5.82 Å². The summed E-state index contributed by atoms with van der Waals surface area (Å²) in [4.78, 5) is 0. The monoisotopic (exact) mass is 288 g/mol. The van der Waals surface area contributed by atoms with Crippen molar-refractivity contribution in [2.24, 2.45) is 0 Å². The standard InChI is InChI=1S/C16H21FN4/c1-3-4-5-11(2)13-8-9-14(17)15(10-13)21-16(12-6-7-12)18-19-20-21/h8-12H,3-7H2,1-2H3. The van der Waals surface area contributed by atoms with Crippen LogP contribution in [0.3, 0.4) is 0 Å². The predicted molar refractivity (Wildman–Crippen MR) is 79.0 cm³/mol. The largest absolute Gasteiger partial charge is 0.205 e. The molecule has 1 unspecified atom stereocenters. The maximum atomic E-state index is 14.2. The van der Waals surface area contributed by atoms with Crippen LogP contribution in [0.1, 0.15) is 69.2 Å². The van der Waals surface area contributed by atoms with E-state index in [9.17, 15) is 4.39 Å². The Kier molecular flexibility index (Phi) is 3.99. The highest BCUT2D eigenvalue weighted by Crippen LogP contribution is 2.39. The molecule has 0 bridgehead atoms. The summed E-state index contributed by atoms with van der Waals surface area (Å²) < 4.78 is 15.8. The van der Waals surface area contributed by atoms with E-state index in [1.54, 1.807) is 4.68 Å². The van der Waals surface area contributed by atoms with E-state index in [1.165, 1.54) is 18.9 Å². The van der Waals surface area contributed by atoms with Gasteiger partial charge in [0.05, 0.1) is 0 Å². The van der Waals surface area contributed by atoms with E-state index in [0.29, 0.717) is 17.5 Å². The summed E-state index contributed by atoms with van der Waals surface area (Å²) in [6, 6.07) is 5.31. The van der Waals surface area contributed by atoms with E-state index in [4.69, 9.17) is 0 Å². The van der Waals surface area contributed by atoms with Gasteiger partial charge in [-0.3, -0.25) is 0 Å². The number of unbranched alkanes of at least 4 members (excludes halogenated alkanes) is 1. The van der Waals surface area contributed by atoms with Crippen LogP contribution in [-0.4, -0.2) is 20.2 Å². The van der Waals surface area contributed by atoms with Gasteiger partial charge in [-0.2, -0.15) is 4.68 Å². The third kappa shape index (κ3) is 2.96. The lowest BCUT2D eigenvalue weighted by Crippen LogP contribution is -2.06. The molecule has 4 nitrogen and oxygen atoms in total. The molecule has 5 heteroatoms. The Labute approximate surface area is 124 Å². The lowest BCUT2D eigenvalue weighted by atomic mass is 9.95. The second kappa shape index (κ2) is 5.92. The van der Waals surface area contributed by atoms with Crippen LogP contribution in [0.2, 0.25) is 0 Å². The van der Waals surface area contributed by atoms with Gasteiger partial charge in [-0.05, 0) is 53.3 Å². The molecule has 21 heavy (non-hydrogen) atoms. The van der Waals surface area contributed by atoms with E-state index >= 15 is 0 Å². The fourth-order valence-corrected chi connectivity index (χ4v) is 2.64. The summed E-state index contributed by atoms with van der Waals surface area (Å²) in [5, 5.41) is 11.8. The van der Waals surface area contributed by atoms with Crippen LogP contribution >= 0.6 is 0 Å². The highest BCUT2D eigenvalue weighted by Gasteiger charge is 2.30. The van der Waals surface area contributed by atoms with E-state index < -0.39 is 0 Å². The Balaban J connectivity index is 1.92. The zero-order chi connectivity index (χ0) is 14.8. The van der Waals surface area contributed by atoms with Gasteiger partial charge >= 0.3 is 0 Å². The fraction of sp³-hybridized carbons (Fsp3) is 0.562. The number of halogens is 1. The summed E-state index contributed by atoms with van der Waals surface area (Å²) in [7, 11) is 0. The molecule has 0 saturated heterocycles. The Bertz CT molecular complexity index is 618. The van der Waals surface area contributed by atoms with E-state index in [1.807, 2.05) is 12.1 Å². The zero-order valence-corrected chi connectivity index (χ0v) is 12.6. The Morgan fingerprint density at radius 3 is 2.90 bits per heavy atom. The summed E-state index contributed by atoms with van der Waals surface area (Å²) in [5.41, 5.74) is 1.62. The molecular weight excluding hydrogens is 267 g/mol. The smallest absolute Gasteiger partial charge is 0.159 e. The first-order valence-corrected chi connectivity index (χ1v) is 7.78. The van der Waals surface area contributed by atoms with E-state index in [0.717, 1.165) is 30.7 Å². The molecule has 1 aliphatic rings. The maximum absolute atomic E-state index is 14.2. The molecule has 2 aromatic rings. The molecule has 112 valence electrons. The van der Waals surface area contributed by atoms with Crippen molar-refractivity contribution in [1.29, 1.82) is 0 Å². The summed E-state index contributed by atoms with van der Waals surface area (Å²) in [6.45, 7) is 4.37. The van der Waals surface area contributed by atoms with E-state index in [2.05, 4.69) is 29.4 Å². The molecule has 0 aliphatic heterocycles. The van der Waals surface area contributed by atoms with Crippen LogP contribution in [0.15, 0.2) is 18.2 Å². The molecule has 1 saturated carbocycles. The minimum atomic E-state index is -0.268. The predicted octanol–water partition coefficient (Wildman–Crippen LogP) is 3.97. The zero-order valence-electron chi connectivity index (χ0n) is 12.6. The molecule has 0 spiro atoms. The van der Waals surface area contributed by atoms with Crippen molar-refractivity contribution in [2.45, 2.75) is 57.8 Å². The Morgan fingerprint density at radius 2 is 2.19 bits per heavy atom. The normalized spacial score (nSPS) is 16.1. The minimum absolute atomic E-state index is 0.268. The first kappa shape index (κ1) is 14.2. The molecule has 0 amide bonds. The number of benzene rings is 1. The highest BCUT2D eigenvalue weighted by atomic mass is 19.1. The van der Waals surface area contributed by atoms with Gasteiger partial charge in [-0.25, -0.2) is 4.39 Å². The Morgan fingerprint density at radius 1 is 1.38 bits per heavy atom. The number of tetrazole rings is 1. The van der Waals surface area contributed by atoms with Gasteiger partial charge in [0.2, 0.25) is 0 Å². The second-order valence-electron chi connectivity index (χ2n) is 5.98. The maximum Gasteiger partial charge on any atom is 0.159 e. The number of aromatic nitrogens is 4. The topological polar surface area (TPSA) is 43.6 Å². The average Bonchev–Trinajstić information content (AvgIpc) is 3.23. The SMILES string of the molecule is CCCCC(C)c1ccc(F)c(-n2nnnc2C2CC2)c1. The van der Waals surface area contributed by atoms with Crippen molar-refractivity contribution < 1.29 is 4.39 Å². The third-order valence-corrected chi connectivity index (χ3v) is 4.19. The van der Waals surface area contributed by atoms with Crippen LogP contribution < -0.4 is 0 Å². The van der Waals surface area contributed by atoms with E-state index in [-0.39, 0.29) is 5.82 Å². The number of nitrogens with zero attached hydrogens (tertiary/aromatic N) is 4. The number of hydrogen-bond donors (Lipinski definition) is 0. The van der Waals surface area contributed by atoms with Crippen molar-refractivity contribution in [3.8, 4) is 5.69 Å². The van der Waals surface area contributed by atoms with Gasteiger partial charge in [0, 0.05) is 5.92 Å². The molecule has 1 aromatic carbocycles. The highest BCUT2D eigenvalue weighted by molar-refractivity contribution is 5.39. The molecule has 0 N–H and O–H groups in total. The van der Waals surface area contributed by atoms with Crippen LogP contribution in [0.25, 0.3) is 5.69 Å². The lowest BCUT2D eigenvalue weighted by Gasteiger charge is -2.13. The first-order chi connectivity index (χ1) is 10.2. The van der Waals surface area contributed by atoms with Crippen molar-refractivity contribution in [3.05, 3.63) is 35.4 Å². The van der Waals surface area contributed by atoms with Crippen molar-refractivity contribution in [1.82, 2.24) is 20.2 Å². The van der Waals surface area contributed by atoms with Crippen molar-refractivity contribution in [2.75, 3.05) is 0 Å². The summed E-state index contributed by atoms with van der Waals surface area (Å²) in [5.74, 6) is 1.33. The van der Waals surface area contributed by atoms with Gasteiger partial charge in [0.25, 0.3) is 0 Å². The molecule has 1 aliphatic carbocycles. The Hall–Kier alpha value is -1.78. The summed E-state index contributed by atoms with van der Waals surface area (Å²) >= 11 is 0. The molecule has 0 radical (unpaired) electrons. The van der Waals surface area contributed by atoms with Crippen LogP contribution in [0, 0.1) is 5.82 Å². The summed E-state index contributed by atoms with van der Waals surface area (Å²) in [6.07, 6.45) is 5.67. The van der Waals surface area contributed by atoms with Crippen LogP contribution in [-0.2, 0) is 0 Å². The minimum Gasteiger partial charge on any atom is -0.205 e. The number of hydrogen-bond acceptors (Lipinski definition) is 3. The van der Waals surface area contributed by atoms with Crippen molar-refractivity contribution >= 4 is 0 Å². The molecule has 1 atom stereocenters. The van der Waals surface area contributed by atoms with Gasteiger partial charge in [0.1, 0.15) is 11.5 Å². The second-order valence-corrected chi connectivity index (χ2v) is 5.98. The lowest BCUT2D eigenvalue weighted by molar-refractivity contribution is 0.593. The molecule has 3 rings (SSSR count). The molecular formula is C16H21FN4. The van der Waals surface area contributed by atoms with Gasteiger partial charge < -0.3 is 0 Å². The van der Waals surface area contributed by atoms with Crippen LogP contribution in [0.5, 0.6) is 0 Å². The van der Waals surface area contributed by atoms with Gasteiger partial charge in [-0.1, -0.05) is 32.8 Å². The number of rotatable bonds is 6. The molecule has 1 heterocycles. The first-order valence-electron chi connectivity index (χ1n) is 7.78.